The molecule has 2 aromatic heterocycles. The number of hydrogen-bond donors (Lipinski definition) is 3. The topological polar surface area (TPSA) is 131 Å². The van der Waals surface area contributed by atoms with Crippen LogP contribution < -0.4 is 15.6 Å². The van der Waals surface area contributed by atoms with Crippen LogP contribution in [0, 0.1) is 32.1 Å². The van der Waals surface area contributed by atoms with Gasteiger partial charge in [-0.3, -0.25) is 5.10 Å². The van der Waals surface area contributed by atoms with E-state index in [1.807, 2.05) is 26.0 Å². The third-order valence-corrected chi connectivity index (χ3v) is 7.69. The second-order valence-corrected chi connectivity index (χ2v) is 10.2. The Morgan fingerprint density at radius 2 is 1.90 bits per heavy atom. The molecular weight excluding hydrogens is 512 g/mol. The molecule has 1 fully saturated rings. The number of nitriles is 1. The molecule has 2 aromatic carbocycles. The number of aromatic amines is 1. The number of nitrogens with zero attached hydrogens (tertiary/aromatic N) is 5. The third-order valence-electron chi connectivity index (χ3n) is 6.45. The van der Waals surface area contributed by atoms with E-state index in [9.17, 15) is 10.1 Å². The number of anilines is 2. The SMILES string of the molecule is Cc1cc(C)c(/C=N/NC(=O)Nc2ccc(-c3c(-c4nc[nH]n4)sc(N4CCOCC4)c3C#N)cc2)c(C)c1. The van der Waals surface area contributed by atoms with Gasteiger partial charge in [0.2, 0.25) is 0 Å². The van der Waals surface area contributed by atoms with E-state index >= 15 is 0 Å². The molecular formula is C28H28N8O2S. The molecule has 3 N–H and O–H groups in total. The summed E-state index contributed by atoms with van der Waals surface area (Å²) < 4.78 is 5.50. The Labute approximate surface area is 230 Å². The van der Waals surface area contributed by atoms with Crippen molar-refractivity contribution in [1.29, 1.82) is 5.26 Å². The summed E-state index contributed by atoms with van der Waals surface area (Å²) in [7, 11) is 0. The lowest BCUT2D eigenvalue weighted by Crippen LogP contribution is -2.36. The number of thiophene rings is 1. The van der Waals surface area contributed by atoms with E-state index in [0.717, 1.165) is 37.7 Å². The summed E-state index contributed by atoms with van der Waals surface area (Å²) in [6, 6.07) is 13.5. The maximum Gasteiger partial charge on any atom is 0.339 e. The summed E-state index contributed by atoms with van der Waals surface area (Å²) >= 11 is 1.50. The van der Waals surface area contributed by atoms with Gasteiger partial charge < -0.3 is 15.0 Å². The molecule has 2 amide bonds. The summed E-state index contributed by atoms with van der Waals surface area (Å²) in [6.45, 7) is 8.75. The van der Waals surface area contributed by atoms with Crippen LogP contribution in [0.1, 0.15) is 27.8 Å². The zero-order chi connectivity index (χ0) is 27.4. The quantitative estimate of drug-likeness (QED) is 0.233. The molecule has 5 rings (SSSR count). The van der Waals surface area contributed by atoms with Gasteiger partial charge in [0, 0.05) is 29.9 Å². The number of nitrogens with one attached hydrogen (secondary N) is 3. The van der Waals surface area contributed by atoms with Crippen molar-refractivity contribution >= 4 is 34.3 Å². The van der Waals surface area contributed by atoms with E-state index in [4.69, 9.17) is 4.74 Å². The van der Waals surface area contributed by atoms with E-state index in [0.29, 0.717) is 43.4 Å². The fourth-order valence-corrected chi connectivity index (χ4v) is 5.96. The van der Waals surface area contributed by atoms with Gasteiger partial charge in [-0.15, -0.1) is 11.3 Å². The normalized spacial score (nSPS) is 13.4. The molecule has 1 aliphatic heterocycles. The van der Waals surface area contributed by atoms with Crippen molar-refractivity contribution in [3.05, 3.63) is 70.5 Å². The molecule has 1 aliphatic rings. The zero-order valence-corrected chi connectivity index (χ0v) is 22.7. The highest BCUT2D eigenvalue weighted by Gasteiger charge is 2.26. The average Bonchev–Trinajstić information content (AvgIpc) is 3.59. The van der Waals surface area contributed by atoms with Crippen molar-refractivity contribution in [2.45, 2.75) is 20.8 Å². The molecule has 0 bridgehead atoms. The van der Waals surface area contributed by atoms with Crippen molar-refractivity contribution in [3.63, 3.8) is 0 Å². The van der Waals surface area contributed by atoms with Crippen molar-refractivity contribution in [2.24, 2.45) is 5.10 Å². The molecule has 1 saturated heterocycles. The third kappa shape index (κ3) is 5.67. The van der Waals surface area contributed by atoms with Crippen LogP contribution in [0.25, 0.3) is 21.8 Å². The smallest absolute Gasteiger partial charge is 0.339 e. The molecule has 198 valence electrons. The number of carbonyl (C=O) groups excluding carboxylic acids is 1. The summed E-state index contributed by atoms with van der Waals surface area (Å²) in [6.07, 6.45) is 3.18. The number of urea groups is 1. The number of rotatable bonds is 6. The summed E-state index contributed by atoms with van der Waals surface area (Å²) in [4.78, 5) is 19.8. The first kappa shape index (κ1) is 26.1. The number of morpholine rings is 1. The average molecular weight is 541 g/mol. The van der Waals surface area contributed by atoms with E-state index in [2.05, 4.69) is 61.1 Å². The number of aryl methyl sites for hydroxylation is 3. The number of aromatic nitrogens is 3. The Hall–Kier alpha value is -4.53. The Bertz CT molecular complexity index is 1520. The van der Waals surface area contributed by atoms with Gasteiger partial charge in [0.15, 0.2) is 5.82 Å². The van der Waals surface area contributed by atoms with E-state index in [-0.39, 0.29) is 0 Å². The number of carbonyl (C=O) groups is 1. The number of hydrazone groups is 1. The molecule has 0 unspecified atom stereocenters. The minimum absolute atomic E-state index is 0.453. The second-order valence-electron chi connectivity index (χ2n) is 9.23. The van der Waals surface area contributed by atoms with E-state index in [1.165, 1.54) is 23.2 Å². The Morgan fingerprint density at radius 3 is 2.54 bits per heavy atom. The Morgan fingerprint density at radius 1 is 1.18 bits per heavy atom. The highest BCUT2D eigenvalue weighted by atomic mass is 32.1. The molecule has 39 heavy (non-hydrogen) atoms. The predicted octanol–water partition coefficient (Wildman–Crippen LogP) is 4.99. The lowest BCUT2D eigenvalue weighted by molar-refractivity contribution is 0.123. The number of amides is 2. The minimum Gasteiger partial charge on any atom is -0.378 e. The fourth-order valence-electron chi connectivity index (χ4n) is 4.69. The minimum atomic E-state index is -0.453. The molecule has 0 radical (unpaired) electrons. The Kier molecular flexibility index (Phi) is 7.67. The van der Waals surface area contributed by atoms with Gasteiger partial charge in [0.05, 0.1) is 29.9 Å². The van der Waals surface area contributed by atoms with Gasteiger partial charge in [0.1, 0.15) is 17.4 Å². The van der Waals surface area contributed by atoms with Crippen LogP contribution in [0.3, 0.4) is 0 Å². The molecule has 10 nitrogen and oxygen atoms in total. The molecule has 0 atom stereocenters. The maximum atomic E-state index is 12.5. The van der Waals surface area contributed by atoms with Gasteiger partial charge in [-0.2, -0.15) is 15.5 Å². The van der Waals surface area contributed by atoms with Gasteiger partial charge in [-0.1, -0.05) is 29.8 Å². The van der Waals surface area contributed by atoms with Gasteiger partial charge in [-0.05, 0) is 49.6 Å². The largest absolute Gasteiger partial charge is 0.378 e. The number of benzene rings is 2. The van der Waals surface area contributed by atoms with Crippen LogP contribution >= 0.6 is 11.3 Å². The van der Waals surface area contributed by atoms with Gasteiger partial charge >= 0.3 is 6.03 Å². The van der Waals surface area contributed by atoms with Gasteiger partial charge in [0.25, 0.3) is 0 Å². The lowest BCUT2D eigenvalue weighted by atomic mass is 10.0. The summed E-state index contributed by atoms with van der Waals surface area (Å²) in [5, 5.41) is 25.0. The van der Waals surface area contributed by atoms with Crippen LogP contribution in [-0.2, 0) is 4.74 Å². The highest BCUT2D eigenvalue weighted by molar-refractivity contribution is 7.20. The monoisotopic (exact) mass is 540 g/mol. The fraction of sp³-hybridized carbons (Fsp3) is 0.250. The lowest BCUT2D eigenvalue weighted by Gasteiger charge is -2.27. The maximum absolute atomic E-state index is 12.5. The van der Waals surface area contributed by atoms with Crippen LogP contribution in [0.5, 0.6) is 0 Å². The van der Waals surface area contributed by atoms with Crippen LogP contribution in [-0.4, -0.2) is 53.7 Å². The van der Waals surface area contributed by atoms with Crippen LogP contribution in [0.4, 0.5) is 15.5 Å². The summed E-state index contributed by atoms with van der Waals surface area (Å²) in [5.41, 5.74) is 9.66. The summed E-state index contributed by atoms with van der Waals surface area (Å²) in [5.74, 6) is 0.532. The molecule has 0 saturated carbocycles. The van der Waals surface area contributed by atoms with Crippen LogP contribution in [0.2, 0.25) is 0 Å². The molecule has 4 aromatic rings. The zero-order valence-electron chi connectivity index (χ0n) is 21.9. The first-order valence-corrected chi connectivity index (χ1v) is 13.3. The van der Waals surface area contributed by atoms with E-state index in [1.54, 1.807) is 18.3 Å². The number of ether oxygens (including phenoxy) is 1. The van der Waals surface area contributed by atoms with Crippen LogP contribution in [0.15, 0.2) is 47.8 Å². The number of H-pyrrole nitrogens is 1. The van der Waals surface area contributed by atoms with Crippen molar-refractivity contribution in [2.75, 3.05) is 36.5 Å². The molecule has 0 spiro atoms. The number of hydrogen-bond acceptors (Lipinski definition) is 8. The first-order chi connectivity index (χ1) is 18.9. The van der Waals surface area contributed by atoms with Gasteiger partial charge in [-0.25, -0.2) is 15.2 Å². The molecule has 11 heteroatoms. The molecule has 3 heterocycles. The van der Waals surface area contributed by atoms with Crippen molar-refractivity contribution in [1.82, 2.24) is 20.6 Å². The Balaban J connectivity index is 1.35. The standard InChI is InChI=1S/C28H28N8O2S/c1-17-12-18(2)23(19(3)13-17)15-31-35-28(37)33-21-6-4-20(5-7-21)24-22(14-29)27(36-8-10-38-11-9-36)39-25(24)26-30-16-32-34-26/h4-7,12-13,15-16H,8-11H2,1-3H3,(H,30,32,34)(H2,33,35,37)/b31-15+. The van der Waals surface area contributed by atoms with E-state index < -0.39 is 6.03 Å². The van der Waals surface area contributed by atoms with Crippen molar-refractivity contribution < 1.29 is 9.53 Å². The highest BCUT2D eigenvalue weighted by Crippen LogP contribution is 2.46. The molecule has 0 aliphatic carbocycles. The first-order valence-electron chi connectivity index (χ1n) is 12.5. The predicted molar refractivity (Wildman–Crippen MR) is 153 cm³/mol. The second kappa shape index (κ2) is 11.5. The van der Waals surface area contributed by atoms with Crippen molar-refractivity contribution in [3.8, 4) is 27.9 Å².